The third-order valence-corrected chi connectivity index (χ3v) is 4.05. The normalized spacial score (nSPS) is 18.2. The van der Waals surface area contributed by atoms with E-state index in [2.05, 4.69) is 0 Å². The molecule has 0 amide bonds. The lowest BCUT2D eigenvalue weighted by molar-refractivity contribution is -0.134. The van der Waals surface area contributed by atoms with Gasteiger partial charge >= 0.3 is 11.9 Å². The monoisotopic (exact) mass is 293 g/mol. The maximum Gasteiger partial charge on any atom is 0.328 e. The summed E-state index contributed by atoms with van der Waals surface area (Å²) < 4.78 is 20.7. The average molecular weight is 293 g/mol. The fourth-order valence-electron chi connectivity index (χ4n) is 0.698. The SMILES string of the molecule is NS(=O)(=O)C1C=CC=CS1.O=C(O)/C=C\C(=O)O. The Balaban J connectivity index is 0.000000331. The summed E-state index contributed by atoms with van der Waals surface area (Å²) in [6.45, 7) is 0. The number of carboxylic acid groups (broad SMARTS) is 2. The molecule has 1 aliphatic heterocycles. The van der Waals surface area contributed by atoms with Crippen LogP contribution in [0.15, 0.2) is 35.8 Å². The smallest absolute Gasteiger partial charge is 0.328 e. The van der Waals surface area contributed by atoms with Crippen LogP contribution in [0.2, 0.25) is 0 Å². The topological polar surface area (TPSA) is 135 Å². The molecule has 1 atom stereocenters. The van der Waals surface area contributed by atoms with Crippen molar-refractivity contribution in [3.63, 3.8) is 0 Å². The zero-order valence-corrected chi connectivity index (χ0v) is 10.6. The van der Waals surface area contributed by atoms with Crippen molar-refractivity contribution in [2.45, 2.75) is 4.58 Å². The van der Waals surface area contributed by atoms with Gasteiger partial charge < -0.3 is 10.2 Å². The maximum atomic E-state index is 10.7. The number of hydrogen-bond acceptors (Lipinski definition) is 5. The standard InChI is InChI=1S/C5H7NO2S2.C4H4O4/c6-10(7,8)5-3-1-2-4-9-5;5-3(6)1-2-4(7)8/h1-5H,(H2,6,7,8);1-2H,(H,5,6)(H,7,8)/b;2-1-. The molecule has 9 heteroatoms. The Morgan fingerprint density at radius 2 is 1.67 bits per heavy atom. The first-order chi connectivity index (χ1) is 8.23. The first kappa shape index (κ1) is 16.4. The van der Waals surface area contributed by atoms with Gasteiger partial charge in [0.15, 0.2) is 0 Å². The molecule has 0 aromatic rings. The summed E-state index contributed by atoms with van der Waals surface area (Å²) in [5.74, 6) is -2.51. The third kappa shape index (κ3) is 8.56. The average Bonchev–Trinajstić information content (AvgIpc) is 2.27. The van der Waals surface area contributed by atoms with Crippen molar-refractivity contribution in [1.29, 1.82) is 0 Å². The second-order valence-electron chi connectivity index (χ2n) is 2.82. The third-order valence-electron chi connectivity index (χ3n) is 1.36. The lowest BCUT2D eigenvalue weighted by Crippen LogP contribution is -2.23. The predicted octanol–water partition coefficient (Wildman–Crippen LogP) is 0.130. The molecule has 0 aromatic heterocycles. The summed E-state index contributed by atoms with van der Waals surface area (Å²) in [6.07, 6.45) is 6.11. The van der Waals surface area contributed by atoms with E-state index in [9.17, 15) is 18.0 Å². The van der Waals surface area contributed by atoms with Crippen LogP contribution in [0.1, 0.15) is 0 Å². The summed E-state index contributed by atoms with van der Waals surface area (Å²) in [6, 6.07) is 0. The fraction of sp³-hybridized carbons (Fsp3) is 0.111. The second kappa shape index (κ2) is 7.69. The molecule has 0 radical (unpaired) electrons. The molecule has 4 N–H and O–H groups in total. The van der Waals surface area contributed by atoms with Crippen LogP contribution >= 0.6 is 11.8 Å². The number of nitrogens with two attached hydrogens (primary N) is 1. The summed E-state index contributed by atoms with van der Waals surface area (Å²) >= 11 is 1.19. The summed E-state index contributed by atoms with van der Waals surface area (Å²) in [7, 11) is -3.40. The van der Waals surface area contributed by atoms with Crippen LogP contribution in [0.3, 0.4) is 0 Å². The number of sulfonamides is 1. The van der Waals surface area contributed by atoms with Crippen LogP contribution in [-0.2, 0) is 19.6 Å². The van der Waals surface area contributed by atoms with Crippen molar-refractivity contribution >= 4 is 33.7 Å². The summed E-state index contributed by atoms with van der Waals surface area (Å²) in [5.41, 5.74) is 0. The molecule has 0 bridgehead atoms. The van der Waals surface area contributed by atoms with Crippen molar-refractivity contribution in [3.05, 3.63) is 35.8 Å². The molecule has 100 valence electrons. The van der Waals surface area contributed by atoms with E-state index in [1.807, 2.05) is 0 Å². The van der Waals surface area contributed by atoms with Crippen LogP contribution in [0, 0.1) is 0 Å². The maximum absolute atomic E-state index is 10.7. The van der Waals surface area contributed by atoms with E-state index < -0.39 is 26.5 Å². The molecule has 0 saturated carbocycles. The minimum absolute atomic E-state index is 0.558. The zero-order valence-electron chi connectivity index (χ0n) is 8.96. The highest BCUT2D eigenvalue weighted by molar-refractivity contribution is 8.14. The first-order valence-corrected chi connectivity index (χ1v) is 6.93. The molecule has 7 nitrogen and oxygen atoms in total. The van der Waals surface area contributed by atoms with Gasteiger partial charge in [0.1, 0.15) is 4.58 Å². The lowest BCUT2D eigenvalue weighted by Gasteiger charge is -2.08. The summed E-state index contributed by atoms with van der Waals surface area (Å²) in [4.78, 5) is 19.1. The van der Waals surface area contributed by atoms with E-state index in [0.717, 1.165) is 0 Å². The Hall–Kier alpha value is -1.58. The van der Waals surface area contributed by atoms with Gasteiger partial charge in [0.25, 0.3) is 0 Å². The Bertz CT molecular complexity index is 475. The van der Waals surface area contributed by atoms with Crippen molar-refractivity contribution in [2.75, 3.05) is 0 Å². The predicted molar refractivity (Wildman–Crippen MR) is 67.2 cm³/mol. The van der Waals surface area contributed by atoms with E-state index in [1.165, 1.54) is 11.8 Å². The zero-order chi connectivity index (χ0) is 14.2. The largest absolute Gasteiger partial charge is 0.478 e. The molecule has 0 aromatic carbocycles. The Morgan fingerprint density at radius 1 is 1.17 bits per heavy atom. The molecular weight excluding hydrogens is 282 g/mol. The van der Waals surface area contributed by atoms with Crippen molar-refractivity contribution < 1.29 is 28.2 Å². The van der Waals surface area contributed by atoms with Gasteiger partial charge in [-0.25, -0.2) is 23.1 Å². The highest BCUT2D eigenvalue weighted by Gasteiger charge is 2.17. The number of allylic oxidation sites excluding steroid dienone is 2. The van der Waals surface area contributed by atoms with E-state index in [4.69, 9.17) is 15.4 Å². The Labute approximate surface area is 108 Å². The number of carboxylic acids is 2. The number of rotatable bonds is 3. The van der Waals surface area contributed by atoms with Crippen molar-refractivity contribution in [1.82, 2.24) is 0 Å². The molecule has 1 rings (SSSR count). The molecule has 0 fully saturated rings. The van der Waals surface area contributed by atoms with Crippen molar-refractivity contribution in [2.24, 2.45) is 5.14 Å². The van der Waals surface area contributed by atoms with E-state index in [0.29, 0.717) is 12.2 Å². The Morgan fingerprint density at radius 3 is 1.89 bits per heavy atom. The van der Waals surface area contributed by atoms with Crippen LogP contribution in [0.25, 0.3) is 0 Å². The highest BCUT2D eigenvalue weighted by Crippen LogP contribution is 2.20. The molecular formula is C9H11NO6S2. The second-order valence-corrected chi connectivity index (χ2v) is 5.85. The molecule has 0 spiro atoms. The lowest BCUT2D eigenvalue weighted by atomic mass is 10.5. The van der Waals surface area contributed by atoms with Crippen molar-refractivity contribution in [3.8, 4) is 0 Å². The van der Waals surface area contributed by atoms with Gasteiger partial charge in [-0.2, -0.15) is 0 Å². The number of hydrogen-bond donors (Lipinski definition) is 3. The fourth-order valence-corrected chi connectivity index (χ4v) is 2.34. The van der Waals surface area contributed by atoms with E-state index in [-0.39, 0.29) is 0 Å². The minimum atomic E-state index is -3.40. The van der Waals surface area contributed by atoms with Crippen LogP contribution in [0.5, 0.6) is 0 Å². The number of primary sulfonamides is 1. The molecule has 1 unspecified atom stereocenters. The van der Waals surface area contributed by atoms with Crippen LogP contribution in [0.4, 0.5) is 0 Å². The van der Waals surface area contributed by atoms with Gasteiger partial charge in [-0.05, 0) is 5.41 Å². The van der Waals surface area contributed by atoms with Gasteiger partial charge in [-0.3, -0.25) is 0 Å². The molecule has 1 aliphatic rings. The van der Waals surface area contributed by atoms with Gasteiger partial charge in [-0.15, -0.1) is 11.8 Å². The van der Waals surface area contributed by atoms with Gasteiger partial charge in [-0.1, -0.05) is 18.2 Å². The van der Waals surface area contributed by atoms with E-state index >= 15 is 0 Å². The first-order valence-electron chi connectivity index (χ1n) is 4.38. The van der Waals surface area contributed by atoms with Crippen LogP contribution in [-0.4, -0.2) is 35.2 Å². The minimum Gasteiger partial charge on any atom is -0.478 e. The Kier molecular flexibility index (Phi) is 7.01. The van der Waals surface area contributed by atoms with E-state index in [1.54, 1.807) is 23.6 Å². The molecule has 0 saturated heterocycles. The number of thioether (sulfide) groups is 1. The highest BCUT2D eigenvalue weighted by atomic mass is 32.3. The number of aliphatic carboxylic acids is 2. The molecule has 0 aliphatic carbocycles. The van der Waals surface area contributed by atoms with Gasteiger partial charge in [0, 0.05) is 12.2 Å². The number of carbonyl (C=O) groups is 2. The van der Waals surface area contributed by atoms with Gasteiger partial charge in [0.2, 0.25) is 10.0 Å². The quantitative estimate of drug-likeness (QED) is 0.629. The van der Waals surface area contributed by atoms with Gasteiger partial charge in [0.05, 0.1) is 0 Å². The van der Waals surface area contributed by atoms with Crippen LogP contribution < -0.4 is 5.14 Å². The molecule has 18 heavy (non-hydrogen) atoms. The summed E-state index contributed by atoms with van der Waals surface area (Å²) in [5, 5.41) is 22.2. The molecule has 1 heterocycles.